The third-order valence-electron chi connectivity index (χ3n) is 4.82. The van der Waals surface area contributed by atoms with Gasteiger partial charge in [-0.15, -0.1) is 11.3 Å². The van der Waals surface area contributed by atoms with Crippen molar-refractivity contribution in [3.63, 3.8) is 0 Å². The summed E-state index contributed by atoms with van der Waals surface area (Å²) in [5.74, 6) is 1.72. The number of anilines is 1. The molecule has 1 N–H and O–H groups in total. The fourth-order valence-corrected chi connectivity index (χ4v) is 5.73. The van der Waals surface area contributed by atoms with Crippen molar-refractivity contribution in [2.24, 2.45) is 5.92 Å². The minimum absolute atomic E-state index is 0.0492. The number of thiophene rings is 1. The van der Waals surface area contributed by atoms with Crippen LogP contribution in [0.2, 0.25) is 0 Å². The zero-order valence-corrected chi connectivity index (χ0v) is 17.4. The average Bonchev–Trinajstić information content (AvgIpc) is 3.23. The van der Waals surface area contributed by atoms with Crippen LogP contribution in [0, 0.1) is 5.92 Å². The van der Waals surface area contributed by atoms with Crippen LogP contribution in [0.3, 0.4) is 0 Å². The van der Waals surface area contributed by atoms with Crippen molar-refractivity contribution in [3.8, 4) is 0 Å². The van der Waals surface area contributed by atoms with Crippen molar-refractivity contribution >= 4 is 45.0 Å². The number of hydrogen-bond acceptors (Lipinski definition) is 6. The number of carbonyl (C=O) groups excluding carboxylic acids is 1. The lowest BCUT2D eigenvalue weighted by Crippen LogP contribution is -2.18. The van der Waals surface area contributed by atoms with Gasteiger partial charge in [-0.2, -0.15) is 5.10 Å². The van der Waals surface area contributed by atoms with E-state index in [0.717, 1.165) is 39.8 Å². The van der Waals surface area contributed by atoms with Crippen LogP contribution in [0.25, 0.3) is 10.2 Å². The number of fused-ring (bicyclic) bond motifs is 3. The number of carbonyl (C=O) groups is 1. The molecule has 1 amide bonds. The standard InChI is InChI=1S/C19H23N5OS2/c1-11(2)24-15(6-7-22-24)23-16(25)9-26-18-17-13-5-4-12(3)8-14(13)27-19(17)21-10-20-18/h6-7,10-12H,4-5,8-9H2,1-3H3,(H,23,25)/t12-/m0/s1. The molecule has 0 spiro atoms. The molecule has 6 nitrogen and oxygen atoms in total. The number of rotatable bonds is 5. The summed E-state index contributed by atoms with van der Waals surface area (Å²) in [6.07, 6.45) is 6.73. The molecule has 8 heteroatoms. The molecule has 1 aliphatic rings. The summed E-state index contributed by atoms with van der Waals surface area (Å²) >= 11 is 3.27. The molecule has 0 saturated carbocycles. The zero-order chi connectivity index (χ0) is 19.0. The van der Waals surface area contributed by atoms with Crippen LogP contribution in [-0.4, -0.2) is 31.4 Å². The summed E-state index contributed by atoms with van der Waals surface area (Å²) in [6, 6.07) is 2.02. The van der Waals surface area contributed by atoms with Crippen molar-refractivity contribution in [3.05, 3.63) is 29.0 Å². The lowest BCUT2D eigenvalue weighted by atomic mass is 9.89. The van der Waals surface area contributed by atoms with Gasteiger partial charge in [0, 0.05) is 22.4 Å². The first-order valence-electron chi connectivity index (χ1n) is 9.24. The Bertz CT molecular complexity index is 978. The molecule has 142 valence electrons. The van der Waals surface area contributed by atoms with Crippen LogP contribution in [-0.2, 0) is 17.6 Å². The van der Waals surface area contributed by atoms with Gasteiger partial charge < -0.3 is 5.32 Å². The maximum absolute atomic E-state index is 12.5. The monoisotopic (exact) mass is 401 g/mol. The third kappa shape index (κ3) is 3.73. The van der Waals surface area contributed by atoms with Gasteiger partial charge in [-0.25, -0.2) is 14.6 Å². The number of amides is 1. The van der Waals surface area contributed by atoms with Crippen molar-refractivity contribution in [1.29, 1.82) is 0 Å². The zero-order valence-electron chi connectivity index (χ0n) is 15.7. The molecule has 1 atom stereocenters. The molecule has 27 heavy (non-hydrogen) atoms. The molecule has 0 unspecified atom stereocenters. The largest absolute Gasteiger partial charge is 0.310 e. The Hall–Kier alpha value is -1.93. The van der Waals surface area contributed by atoms with Gasteiger partial charge >= 0.3 is 0 Å². The van der Waals surface area contributed by atoms with Crippen molar-refractivity contribution in [2.75, 3.05) is 11.1 Å². The lowest BCUT2D eigenvalue weighted by Gasteiger charge is -2.18. The Labute approximate surface area is 166 Å². The molecular weight excluding hydrogens is 378 g/mol. The highest BCUT2D eigenvalue weighted by molar-refractivity contribution is 8.00. The number of hydrogen-bond donors (Lipinski definition) is 1. The molecule has 0 fully saturated rings. The van der Waals surface area contributed by atoms with E-state index in [0.29, 0.717) is 5.75 Å². The van der Waals surface area contributed by atoms with E-state index in [-0.39, 0.29) is 11.9 Å². The van der Waals surface area contributed by atoms with Crippen LogP contribution < -0.4 is 5.32 Å². The Morgan fingerprint density at radius 1 is 1.44 bits per heavy atom. The molecule has 0 radical (unpaired) electrons. The predicted octanol–water partition coefficient (Wildman–Crippen LogP) is 4.32. The van der Waals surface area contributed by atoms with Gasteiger partial charge in [0.15, 0.2) is 0 Å². The third-order valence-corrected chi connectivity index (χ3v) is 6.98. The van der Waals surface area contributed by atoms with Crippen molar-refractivity contribution in [1.82, 2.24) is 19.7 Å². The molecule has 3 aromatic rings. The number of thioether (sulfide) groups is 1. The van der Waals surface area contributed by atoms with Gasteiger partial charge in [-0.05, 0) is 44.6 Å². The topological polar surface area (TPSA) is 72.7 Å². The Morgan fingerprint density at radius 2 is 2.30 bits per heavy atom. The van der Waals surface area contributed by atoms with Crippen molar-refractivity contribution in [2.45, 2.75) is 51.1 Å². The van der Waals surface area contributed by atoms with Gasteiger partial charge in [-0.1, -0.05) is 18.7 Å². The quantitative estimate of drug-likeness (QED) is 0.509. The van der Waals surface area contributed by atoms with Crippen LogP contribution in [0.4, 0.5) is 5.82 Å². The van der Waals surface area contributed by atoms with Gasteiger partial charge in [0.2, 0.25) is 5.91 Å². The van der Waals surface area contributed by atoms with Crippen LogP contribution >= 0.6 is 23.1 Å². The van der Waals surface area contributed by atoms with E-state index in [1.165, 1.54) is 28.6 Å². The highest BCUT2D eigenvalue weighted by Crippen LogP contribution is 2.40. The summed E-state index contributed by atoms with van der Waals surface area (Å²) in [6.45, 7) is 6.38. The second kappa shape index (κ2) is 7.59. The first-order valence-corrected chi connectivity index (χ1v) is 11.0. The molecular formula is C19H23N5OS2. The Morgan fingerprint density at radius 3 is 3.11 bits per heavy atom. The summed E-state index contributed by atoms with van der Waals surface area (Å²) in [5.41, 5.74) is 1.40. The first kappa shape index (κ1) is 18.4. The van der Waals surface area contributed by atoms with E-state index in [1.54, 1.807) is 23.9 Å². The second-order valence-electron chi connectivity index (χ2n) is 7.30. The number of nitrogens with zero attached hydrogens (tertiary/aromatic N) is 4. The highest BCUT2D eigenvalue weighted by atomic mass is 32.2. The molecule has 3 heterocycles. The summed E-state index contributed by atoms with van der Waals surface area (Å²) in [7, 11) is 0. The number of nitrogens with one attached hydrogen (secondary N) is 1. The van der Waals surface area contributed by atoms with E-state index in [9.17, 15) is 4.79 Å². The minimum atomic E-state index is -0.0492. The van der Waals surface area contributed by atoms with Gasteiger partial charge in [0.05, 0.1) is 11.9 Å². The molecule has 0 saturated heterocycles. The molecule has 4 rings (SSSR count). The van der Waals surface area contributed by atoms with E-state index in [1.807, 2.05) is 24.6 Å². The molecule has 0 aromatic carbocycles. The average molecular weight is 402 g/mol. The Balaban J connectivity index is 1.50. The van der Waals surface area contributed by atoms with Gasteiger partial charge in [-0.3, -0.25) is 4.79 Å². The minimum Gasteiger partial charge on any atom is -0.310 e. The highest BCUT2D eigenvalue weighted by Gasteiger charge is 2.23. The van der Waals surface area contributed by atoms with Crippen molar-refractivity contribution < 1.29 is 4.79 Å². The summed E-state index contributed by atoms with van der Waals surface area (Å²) in [5, 5.41) is 9.28. The SMILES string of the molecule is CC(C)n1nccc1NC(=O)CSc1ncnc2sc3c(c12)CC[C@H](C)C3. The van der Waals surface area contributed by atoms with Crippen LogP contribution in [0.5, 0.6) is 0 Å². The van der Waals surface area contributed by atoms with E-state index < -0.39 is 0 Å². The summed E-state index contributed by atoms with van der Waals surface area (Å²) < 4.78 is 1.81. The predicted molar refractivity (Wildman–Crippen MR) is 111 cm³/mol. The number of aromatic nitrogens is 4. The summed E-state index contributed by atoms with van der Waals surface area (Å²) in [4.78, 5) is 23.9. The van der Waals surface area contributed by atoms with E-state index in [4.69, 9.17) is 0 Å². The van der Waals surface area contributed by atoms with E-state index in [2.05, 4.69) is 27.3 Å². The van der Waals surface area contributed by atoms with E-state index >= 15 is 0 Å². The molecule has 0 bridgehead atoms. The van der Waals surface area contributed by atoms with Gasteiger partial charge in [0.1, 0.15) is 22.0 Å². The fourth-order valence-electron chi connectivity index (χ4n) is 3.49. The van der Waals surface area contributed by atoms with Gasteiger partial charge in [0.25, 0.3) is 0 Å². The first-order chi connectivity index (χ1) is 13.0. The molecule has 0 aliphatic heterocycles. The van der Waals surface area contributed by atoms with Crippen LogP contribution in [0.15, 0.2) is 23.6 Å². The normalized spacial score (nSPS) is 16.7. The second-order valence-corrected chi connectivity index (χ2v) is 9.35. The number of aryl methyl sites for hydroxylation is 1. The fraction of sp³-hybridized carbons (Fsp3) is 0.474. The Kier molecular flexibility index (Phi) is 5.19. The molecule has 1 aliphatic carbocycles. The molecule has 3 aromatic heterocycles. The maximum Gasteiger partial charge on any atom is 0.235 e. The maximum atomic E-state index is 12.5. The lowest BCUT2D eigenvalue weighted by molar-refractivity contribution is -0.113. The smallest absolute Gasteiger partial charge is 0.235 e. The van der Waals surface area contributed by atoms with Crippen LogP contribution in [0.1, 0.15) is 43.7 Å².